The number of alkyl halides is 2. The number of furan rings is 1. The molecule has 1 aliphatic heterocycles. The summed E-state index contributed by atoms with van der Waals surface area (Å²) in [6.45, 7) is 8.33. The highest BCUT2D eigenvalue weighted by Crippen LogP contribution is 2.39. The molecule has 9 heteroatoms. The first-order chi connectivity index (χ1) is 19.9. The van der Waals surface area contributed by atoms with Crippen LogP contribution in [0.25, 0.3) is 33.2 Å². The molecule has 1 aliphatic rings. The van der Waals surface area contributed by atoms with Gasteiger partial charge in [0.15, 0.2) is 0 Å². The Kier molecular flexibility index (Phi) is 9.33. The second-order valence-corrected chi connectivity index (χ2v) is 11.5. The standard InChI is InChI=1S/C32H33F3N2O3.CH5N/c1-20(37-15-13-32(34,35)14-16-37)21-5-7-22(8-6-21)24-17-25-19-28(40-30(38)36-31(2,3)4)39-29(25)27(18-24)23-9-11-26(33)12-10-23;1-2/h5-12,17-20H,13-16H2,1-4H3,(H,36,38);2H2,1H3. The van der Waals surface area contributed by atoms with E-state index in [1.807, 2.05) is 64.1 Å². The Morgan fingerprint density at radius 2 is 1.55 bits per heavy atom. The van der Waals surface area contributed by atoms with E-state index < -0.39 is 17.6 Å². The lowest BCUT2D eigenvalue weighted by atomic mass is 9.95. The number of carbonyl (C=O) groups is 1. The predicted molar refractivity (Wildman–Crippen MR) is 160 cm³/mol. The first kappa shape index (κ1) is 31.1. The lowest BCUT2D eigenvalue weighted by Crippen LogP contribution is -2.42. The topological polar surface area (TPSA) is 80.7 Å². The second-order valence-electron chi connectivity index (χ2n) is 11.5. The van der Waals surface area contributed by atoms with E-state index in [1.54, 1.807) is 18.2 Å². The van der Waals surface area contributed by atoms with E-state index in [4.69, 9.17) is 9.15 Å². The van der Waals surface area contributed by atoms with Gasteiger partial charge in [-0.3, -0.25) is 4.90 Å². The molecule has 0 saturated carbocycles. The quantitative estimate of drug-likeness (QED) is 0.249. The van der Waals surface area contributed by atoms with Gasteiger partial charge in [0.1, 0.15) is 11.4 Å². The van der Waals surface area contributed by atoms with Crippen molar-refractivity contribution in [2.75, 3.05) is 20.1 Å². The van der Waals surface area contributed by atoms with Gasteiger partial charge in [0.2, 0.25) is 0 Å². The van der Waals surface area contributed by atoms with Crippen molar-refractivity contribution in [3.63, 3.8) is 0 Å². The molecule has 2 heterocycles. The van der Waals surface area contributed by atoms with Crippen molar-refractivity contribution in [2.45, 2.75) is 58.0 Å². The first-order valence-electron chi connectivity index (χ1n) is 14.0. The van der Waals surface area contributed by atoms with Crippen molar-refractivity contribution >= 4 is 17.1 Å². The normalized spacial score (nSPS) is 15.9. The van der Waals surface area contributed by atoms with Crippen molar-refractivity contribution in [1.82, 2.24) is 10.2 Å². The van der Waals surface area contributed by atoms with Gasteiger partial charge >= 0.3 is 6.09 Å². The Balaban J connectivity index is 0.00000198. The molecule has 224 valence electrons. The van der Waals surface area contributed by atoms with Crippen molar-refractivity contribution in [3.8, 4) is 28.2 Å². The van der Waals surface area contributed by atoms with Crippen molar-refractivity contribution in [3.05, 3.63) is 78.1 Å². The lowest BCUT2D eigenvalue weighted by molar-refractivity contribution is -0.0620. The van der Waals surface area contributed by atoms with Crippen LogP contribution in [0.1, 0.15) is 52.1 Å². The fraction of sp³-hybridized carbons (Fsp3) is 0.364. The average Bonchev–Trinajstić information content (AvgIpc) is 3.35. The number of hydrogen-bond donors (Lipinski definition) is 2. The largest absolute Gasteiger partial charge is 0.425 e. The van der Waals surface area contributed by atoms with E-state index in [2.05, 4.69) is 16.0 Å². The van der Waals surface area contributed by atoms with Crippen LogP contribution in [-0.4, -0.2) is 42.6 Å². The molecule has 4 aromatic rings. The summed E-state index contributed by atoms with van der Waals surface area (Å²) >= 11 is 0. The third-order valence-electron chi connectivity index (χ3n) is 7.22. The molecule has 1 fully saturated rings. The van der Waals surface area contributed by atoms with E-state index >= 15 is 0 Å². The number of hydrogen-bond acceptors (Lipinski definition) is 5. The summed E-state index contributed by atoms with van der Waals surface area (Å²) in [5.74, 6) is -2.87. The summed E-state index contributed by atoms with van der Waals surface area (Å²) in [5.41, 5.74) is 8.92. The molecule has 0 spiro atoms. The molecule has 1 atom stereocenters. The van der Waals surface area contributed by atoms with E-state index in [1.165, 1.54) is 19.2 Å². The number of likely N-dealkylation sites (tertiary alicyclic amines) is 1. The van der Waals surface area contributed by atoms with Crippen LogP contribution < -0.4 is 15.8 Å². The first-order valence-corrected chi connectivity index (χ1v) is 14.0. The van der Waals surface area contributed by atoms with Crippen LogP contribution in [0.15, 0.2) is 71.1 Å². The molecule has 42 heavy (non-hydrogen) atoms. The van der Waals surface area contributed by atoms with Crippen LogP contribution in [0.5, 0.6) is 5.95 Å². The Labute approximate surface area is 244 Å². The average molecular weight is 582 g/mol. The molecule has 0 bridgehead atoms. The number of piperidine rings is 1. The molecule has 1 unspecified atom stereocenters. The number of benzene rings is 3. The number of rotatable bonds is 5. The Morgan fingerprint density at radius 1 is 0.952 bits per heavy atom. The summed E-state index contributed by atoms with van der Waals surface area (Å²) in [4.78, 5) is 14.4. The number of nitrogens with zero attached hydrogens (tertiary/aromatic N) is 1. The summed E-state index contributed by atoms with van der Waals surface area (Å²) in [6, 6.07) is 19.8. The molecular formula is C33H38F3N3O3. The van der Waals surface area contributed by atoms with Gasteiger partial charge in [0.05, 0.1) is 0 Å². The lowest BCUT2D eigenvalue weighted by Gasteiger charge is -2.36. The van der Waals surface area contributed by atoms with Crippen LogP contribution in [0.3, 0.4) is 0 Å². The Hall–Kier alpha value is -3.82. The number of ether oxygens (including phenoxy) is 1. The summed E-state index contributed by atoms with van der Waals surface area (Å²) in [6.07, 6.45) is -0.858. The molecule has 3 aromatic carbocycles. The number of halogens is 3. The Bertz CT molecular complexity index is 1500. The van der Waals surface area contributed by atoms with Crippen LogP contribution in [0.4, 0.5) is 18.0 Å². The minimum Gasteiger partial charge on any atom is -0.425 e. The maximum Gasteiger partial charge on any atom is 0.415 e. The fourth-order valence-corrected chi connectivity index (χ4v) is 5.02. The highest BCUT2D eigenvalue weighted by molar-refractivity contribution is 5.97. The Morgan fingerprint density at radius 3 is 2.14 bits per heavy atom. The van der Waals surface area contributed by atoms with Crippen LogP contribution >= 0.6 is 0 Å². The molecule has 0 radical (unpaired) electrons. The predicted octanol–water partition coefficient (Wildman–Crippen LogP) is 8.16. The van der Waals surface area contributed by atoms with Gasteiger partial charge in [-0.25, -0.2) is 18.0 Å². The molecule has 5 rings (SSSR count). The number of carbonyl (C=O) groups excluding carboxylic acids is 1. The summed E-state index contributed by atoms with van der Waals surface area (Å²) in [7, 11) is 1.50. The third-order valence-corrected chi connectivity index (χ3v) is 7.22. The van der Waals surface area contributed by atoms with Crippen LogP contribution in [0.2, 0.25) is 0 Å². The van der Waals surface area contributed by atoms with Gasteiger partial charge in [-0.15, -0.1) is 0 Å². The molecule has 1 saturated heterocycles. The minimum absolute atomic E-state index is 0.0234. The van der Waals surface area contributed by atoms with E-state index in [-0.39, 0.29) is 30.6 Å². The zero-order chi connectivity index (χ0) is 30.7. The highest BCUT2D eigenvalue weighted by atomic mass is 19.3. The van der Waals surface area contributed by atoms with Crippen molar-refractivity contribution in [2.24, 2.45) is 5.73 Å². The van der Waals surface area contributed by atoms with Crippen LogP contribution in [0, 0.1) is 5.82 Å². The van der Waals surface area contributed by atoms with Gasteiger partial charge in [0, 0.05) is 54.5 Å². The molecule has 3 N–H and O–H groups in total. The summed E-state index contributed by atoms with van der Waals surface area (Å²) < 4.78 is 52.3. The van der Waals surface area contributed by atoms with Crippen molar-refractivity contribution < 1.29 is 27.1 Å². The highest BCUT2D eigenvalue weighted by Gasteiger charge is 2.35. The molecule has 1 amide bonds. The number of nitrogens with two attached hydrogens (primary N) is 1. The second kappa shape index (κ2) is 12.6. The van der Waals surface area contributed by atoms with Gasteiger partial charge in [0.25, 0.3) is 11.9 Å². The summed E-state index contributed by atoms with van der Waals surface area (Å²) in [5, 5.41) is 3.46. The van der Waals surface area contributed by atoms with Gasteiger partial charge in [-0.2, -0.15) is 0 Å². The van der Waals surface area contributed by atoms with E-state index in [9.17, 15) is 18.0 Å². The molecular weight excluding hydrogens is 543 g/mol. The minimum atomic E-state index is -2.57. The van der Waals surface area contributed by atoms with Gasteiger partial charge in [-0.05, 0) is 81.3 Å². The zero-order valence-corrected chi connectivity index (χ0v) is 24.6. The SMILES string of the molecule is CC(c1ccc(-c2cc(-c3ccc(F)cc3)c3oc(OC(=O)NC(C)(C)C)cc3c2)cc1)N1CCC(F)(F)CC1.CN. The maximum atomic E-state index is 13.7. The monoisotopic (exact) mass is 581 g/mol. The maximum absolute atomic E-state index is 13.7. The van der Waals surface area contributed by atoms with Crippen molar-refractivity contribution in [1.29, 1.82) is 0 Å². The number of amides is 1. The van der Waals surface area contributed by atoms with E-state index in [0.717, 1.165) is 33.2 Å². The fourth-order valence-electron chi connectivity index (χ4n) is 5.02. The smallest absolute Gasteiger partial charge is 0.415 e. The molecule has 1 aromatic heterocycles. The van der Waals surface area contributed by atoms with Crippen LogP contribution in [-0.2, 0) is 0 Å². The zero-order valence-electron chi connectivity index (χ0n) is 24.6. The number of fused-ring (bicyclic) bond motifs is 1. The molecule has 0 aliphatic carbocycles. The molecule has 6 nitrogen and oxygen atoms in total. The van der Waals surface area contributed by atoms with Gasteiger partial charge in [-0.1, -0.05) is 36.4 Å². The van der Waals surface area contributed by atoms with E-state index in [0.29, 0.717) is 18.7 Å². The van der Waals surface area contributed by atoms with Gasteiger partial charge < -0.3 is 20.2 Å². The third kappa shape index (κ3) is 7.52. The number of nitrogens with one attached hydrogen (secondary N) is 1.